The van der Waals surface area contributed by atoms with E-state index in [1.807, 2.05) is 0 Å². The van der Waals surface area contributed by atoms with Gasteiger partial charge in [-0.15, -0.1) is 62.0 Å². The molecule has 0 aromatic heterocycles. The number of aliphatic hydroxyl groups is 12. The van der Waals surface area contributed by atoms with Crippen molar-refractivity contribution in [1.82, 2.24) is 0 Å². The molecule has 25 atom stereocenters. The fourth-order valence-corrected chi connectivity index (χ4v) is 7.25. The van der Waals surface area contributed by atoms with Gasteiger partial charge in [0.15, 0.2) is 31.5 Å². The molecule has 0 aliphatic carbocycles. The third kappa shape index (κ3) is 12.9. The number of rotatable bonds is 13. The third-order valence-corrected chi connectivity index (χ3v) is 10.7. The van der Waals surface area contributed by atoms with Gasteiger partial charge < -0.3 is 133 Å². The molecule has 0 saturated carbocycles. The minimum absolute atomic E-state index is 0. The first kappa shape index (κ1) is 61.4. The van der Waals surface area contributed by atoms with Gasteiger partial charge in [-0.3, -0.25) is 0 Å². The van der Waals surface area contributed by atoms with Gasteiger partial charge >= 0.3 is 0 Å². The van der Waals surface area contributed by atoms with Crippen LogP contribution in [0.15, 0.2) is 0 Å². The van der Waals surface area contributed by atoms with E-state index in [-0.39, 0.29) is 62.0 Å². The molecule has 5 aliphatic rings. The fourth-order valence-electron chi connectivity index (χ4n) is 7.25. The molecule has 0 radical (unpaired) electrons. The molecule has 61 heavy (non-hydrogen) atoms. The predicted molar refractivity (Wildman–Crippen MR) is 213 cm³/mol. The zero-order valence-electron chi connectivity index (χ0n) is 31.9. The summed E-state index contributed by atoms with van der Waals surface area (Å²) >= 11 is 0. The maximum atomic E-state index is 11.3. The molecule has 5 aliphatic heterocycles. The van der Waals surface area contributed by atoms with E-state index in [2.05, 4.69) is 0 Å². The Kier molecular flexibility index (Phi) is 26.9. The van der Waals surface area contributed by atoms with Gasteiger partial charge in [-0.25, -0.2) is 0 Å². The second-order valence-electron chi connectivity index (χ2n) is 14.4. The molecule has 5 fully saturated rings. The molecule has 0 bridgehead atoms. The van der Waals surface area contributed by atoms with Crippen LogP contribution >= 0.6 is 62.0 Å². The highest BCUT2D eigenvalue weighted by molar-refractivity contribution is 5.86. The lowest BCUT2D eigenvalue weighted by Crippen LogP contribution is -2.70. The predicted octanol–water partition coefficient (Wildman–Crippen LogP) is -9.98. The van der Waals surface area contributed by atoms with Crippen molar-refractivity contribution < 1.29 is 104 Å². The number of aliphatic hydroxyl groups excluding tert-OH is 12. The summed E-state index contributed by atoms with van der Waals surface area (Å²) in [6.45, 7) is -3.86. The van der Waals surface area contributed by atoms with E-state index >= 15 is 0 Å². The average Bonchev–Trinajstić information content (AvgIpc) is 3.19. The van der Waals surface area contributed by atoms with Crippen molar-refractivity contribution in [2.45, 2.75) is 153 Å². The molecular formula is C30H62Cl5N5O21. The Hall–Kier alpha value is 0.410. The average molecular weight is 1010 g/mol. The first-order valence-electron chi connectivity index (χ1n) is 18.0. The van der Waals surface area contributed by atoms with Crippen LogP contribution in [0.25, 0.3) is 0 Å². The lowest BCUT2D eigenvalue weighted by Gasteiger charge is -2.50. The number of hydrogen-bond acceptors (Lipinski definition) is 26. The molecule has 368 valence electrons. The van der Waals surface area contributed by atoms with Gasteiger partial charge in [-0.2, -0.15) is 0 Å². The van der Waals surface area contributed by atoms with Crippen LogP contribution in [0.2, 0.25) is 0 Å². The Morgan fingerprint density at radius 2 is 0.541 bits per heavy atom. The van der Waals surface area contributed by atoms with Crippen molar-refractivity contribution in [3.05, 3.63) is 0 Å². The Bertz CT molecular complexity index is 1240. The molecule has 1 unspecified atom stereocenters. The van der Waals surface area contributed by atoms with Crippen LogP contribution in [0.4, 0.5) is 0 Å². The number of hydrogen-bond donors (Lipinski definition) is 17. The van der Waals surface area contributed by atoms with E-state index in [4.69, 9.17) is 71.3 Å². The summed E-state index contributed by atoms with van der Waals surface area (Å²) in [5.41, 5.74) is 30.4. The maximum Gasteiger partial charge on any atom is 0.176 e. The maximum absolute atomic E-state index is 11.3. The Labute approximate surface area is 379 Å². The van der Waals surface area contributed by atoms with Gasteiger partial charge in [0.05, 0.1) is 63.2 Å². The summed E-state index contributed by atoms with van der Waals surface area (Å²) in [6.07, 6.45) is -30.5. The van der Waals surface area contributed by atoms with Crippen molar-refractivity contribution in [3.8, 4) is 0 Å². The van der Waals surface area contributed by atoms with E-state index in [0.29, 0.717) is 0 Å². The third-order valence-electron chi connectivity index (χ3n) is 10.7. The topological polar surface area (TPSA) is 456 Å². The largest absolute Gasteiger partial charge is 0.394 e. The van der Waals surface area contributed by atoms with Crippen LogP contribution in [0.1, 0.15) is 0 Å². The molecule has 31 heteroatoms. The first-order chi connectivity index (χ1) is 26.5. The molecule has 5 rings (SSSR count). The fraction of sp³-hybridized carbons (Fsp3) is 1.00. The van der Waals surface area contributed by atoms with Crippen LogP contribution in [0.5, 0.6) is 0 Å². The Morgan fingerprint density at radius 3 is 0.820 bits per heavy atom. The van der Waals surface area contributed by atoms with Gasteiger partial charge in [0.2, 0.25) is 0 Å². The lowest BCUT2D eigenvalue weighted by atomic mass is 9.94. The summed E-state index contributed by atoms with van der Waals surface area (Å²) in [5, 5.41) is 124. The second kappa shape index (κ2) is 26.7. The SMILES string of the molecule is Cl.Cl.Cl.Cl.Cl.N[C@H]1[C@H](O[C@H]2[C@H](O)[C@@H](N)[C@H](O[C@H]3[C@H](O)[C@@H](N)[C@H](O[C@H]4[C@H](O)[C@@H](N)[C@H](O[C@H]5[C@H](O)[C@@H](N)C(O)O[C@@H]5CO)O[C@@H]4CO)O[C@@H]3CO)O[C@@H]2CO)O[C@H](CO)[C@@H](O)[C@@H]1O. The molecule has 0 aromatic rings. The smallest absolute Gasteiger partial charge is 0.176 e. The molecule has 5 heterocycles. The molecule has 5 saturated heterocycles. The van der Waals surface area contributed by atoms with E-state index in [0.717, 1.165) is 0 Å². The van der Waals surface area contributed by atoms with Crippen molar-refractivity contribution in [2.75, 3.05) is 33.0 Å². The van der Waals surface area contributed by atoms with E-state index in [1.165, 1.54) is 0 Å². The molecule has 0 amide bonds. The van der Waals surface area contributed by atoms with E-state index in [9.17, 15) is 61.3 Å². The summed E-state index contributed by atoms with van der Waals surface area (Å²) in [6, 6.07) is -7.14. The van der Waals surface area contributed by atoms with Gasteiger partial charge in [0.25, 0.3) is 0 Å². The number of halogens is 5. The quantitative estimate of drug-likeness (QED) is 0.0814. The van der Waals surface area contributed by atoms with Gasteiger partial charge in [0.1, 0.15) is 91.6 Å². The normalized spacial score (nSPS) is 48.8. The molecule has 26 nitrogen and oxygen atoms in total. The minimum atomic E-state index is -1.74. The van der Waals surface area contributed by atoms with Crippen molar-refractivity contribution in [2.24, 2.45) is 28.7 Å². The van der Waals surface area contributed by atoms with Gasteiger partial charge in [0, 0.05) is 0 Å². The zero-order chi connectivity index (χ0) is 41.3. The second-order valence-corrected chi connectivity index (χ2v) is 14.4. The van der Waals surface area contributed by atoms with Gasteiger partial charge in [-0.05, 0) is 0 Å². The molecule has 0 aromatic carbocycles. The summed E-state index contributed by atoms with van der Waals surface area (Å²) in [4.78, 5) is 0. The Morgan fingerprint density at radius 1 is 0.311 bits per heavy atom. The summed E-state index contributed by atoms with van der Waals surface area (Å²) in [7, 11) is 0. The zero-order valence-corrected chi connectivity index (χ0v) is 36.0. The van der Waals surface area contributed by atoms with Crippen LogP contribution in [-0.4, -0.2) is 248 Å². The van der Waals surface area contributed by atoms with Crippen molar-refractivity contribution in [1.29, 1.82) is 0 Å². The highest BCUT2D eigenvalue weighted by atomic mass is 35.5. The molecular weight excluding hydrogens is 944 g/mol. The number of nitrogens with two attached hydrogens (primary N) is 5. The van der Waals surface area contributed by atoms with Crippen LogP contribution in [0, 0.1) is 0 Å². The lowest BCUT2D eigenvalue weighted by molar-refractivity contribution is -0.364. The standard InChI is InChI=1S/C30H57N5O21.5ClH/c31-11-18(43)22(7(2-37)48-26(11)47)53-28-13(33)20(45)24(9(4-39)50-28)55-30-15(35)21(46)25(10(5-40)52-30)56-29-14(34)19(44)23(8(3-38)51-29)54-27-12(32)17(42)16(41)6(1-36)49-27;;;;;/h6-30,36-47H,1-5,31-35H2;5*1H/t6-,7-,8-,9-,10-,11-,12-,13-,14-,15-,16-,17-,18-,19-,20-,21-,22-,23-,24-,25-,26?,27+,28+,29+,30+;;;;;/m1...../s1. The summed E-state index contributed by atoms with van der Waals surface area (Å²) in [5.74, 6) is 0. The van der Waals surface area contributed by atoms with Crippen LogP contribution in [0.3, 0.4) is 0 Å². The highest BCUT2D eigenvalue weighted by Crippen LogP contribution is 2.34. The minimum Gasteiger partial charge on any atom is -0.394 e. The van der Waals surface area contributed by atoms with E-state index < -0.39 is 186 Å². The first-order valence-corrected chi connectivity index (χ1v) is 18.0. The van der Waals surface area contributed by atoms with Crippen LogP contribution < -0.4 is 28.7 Å². The number of ether oxygens (including phenoxy) is 9. The monoisotopic (exact) mass is 1000 g/mol. The highest BCUT2D eigenvalue weighted by Gasteiger charge is 2.55. The van der Waals surface area contributed by atoms with E-state index in [1.54, 1.807) is 0 Å². The van der Waals surface area contributed by atoms with Crippen molar-refractivity contribution in [3.63, 3.8) is 0 Å². The van der Waals surface area contributed by atoms with Crippen molar-refractivity contribution >= 4 is 62.0 Å². The molecule has 22 N–H and O–H groups in total. The Balaban J connectivity index is 0.00000720. The van der Waals surface area contributed by atoms with Gasteiger partial charge in [-0.1, -0.05) is 0 Å². The molecule has 0 spiro atoms. The van der Waals surface area contributed by atoms with Crippen LogP contribution in [-0.2, 0) is 42.6 Å². The summed E-state index contributed by atoms with van der Waals surface area (Å²) < 4.78 is 51.1.